The molecule has 0 unspecified atom stereocenters. The summed E-state index contributed by atoms with van der Waals surface area (Å²) in [6.45, 7) is 4.87. The monoisotopic (exact) mass is 386 g/mol. The standard InChI is InChI=1S/C24H34O4/c1-23-9-7-16(25)11-15(23)4-5-17-18(23)8-10-24(2)19(17)12-20(26)22(24)14-3-6-21(27)28-13-14/h3,6,13,15-20,22,25-26H,4-5,7-12H2,1-2H3/t15-,16+,17-,18+,19+,20+,22+,23+,24+/m1/s1. The lowest BCUT2D eigenvalue weighted by Crippen LogP contribution is -2.53. The zero-order valence-electron chi connectivity index (χ0n) is 17.1. The Kier molecular flexibility index (Phi) is 4.34. The van der Waals surface area contributed by atoms with Gasteiger partial charge in [0.2, 0.25) is 0 Å². The molecule has 4 aliphatic carbocycles. The van der Waals surface area contributed by atoms with Crippen molar-refractivity contribution in [2.24, 2.45) is 34.5 Å². The number of aliphatic hydroxyl groups is 2. The first kappa shape index (κ1) is 18.9. The fourth-order valence-corrected chi connectivity index (χ4v) is 8.40. The van der Waals surface area contributed by atoms with Crippen LogP contribution in [0.5, 0.6) is 0 Å². The van der Waals surface area contributed by atoms with Gasteiger partial charge in [-0.1, -0.05) is 13.8 Å². The molecule has 28 heavy (non-hydrogen) atoms. The number of hydrogen-bond donors (Lipinski definition) is 2. The van der Waals surface area contributed by atoms with Gasteiger partial charge < -0.3 is 14.6 Å². The largest absolute Gasteiger partial charge is 0.431 e. The van der Waals surface area contributed by atoms with Crippen LogP contribution >= 0.6 is 0 Å². The van der Waals surface area contributed by atoms with Gasteiger partial charge in [-0.05, 0) is 97.5 Å². The van der Waals surface area contributed by atoms with Crippen LogP contribution in [0.15, 0.2) is 27.6 Å². The van der Waals surface area contributed by atoms with Crippen LogP contribution in [0.3, 0.4) is 0 Å². The van der Waals surface area contributed by atoms with Crippen molar-refractivity contribution in [3.8, 4) is 0 Å². The van der Waals surface area contributed by atoms with E-state index < -0.39 is 0 Å². The molecule has 1 heterocycles. The molecule has 1 aromatic rings. The van der Waals surface area contributed by atoms with Gasteiger partial charge in [0, 0.05) is 12.0 Å². The van der Waals surface area contributed by atoms with Crippen LogP contribution < -0.4 is 5.63 Å². The number of aliphatic hydroxyl groups excluding tert-OH is 2. The molecular weight excluding hydrogens is 352 g/mol. The lowest BCUT2D eigenvalue weighted by molar-refractivity contribution is -0.122. The summed E-state index contributed by atoms with van der Waals surface area (Å²) in [5.41, 5.74) is 1.08. The molecule has 0 amide bonds. The molecule has 1 aromatic heterocycles. The Morgan fingerprint density at radius 2 is 1.75 bits per heavy atom. The summed E-state index contributed by atoms with van der Waals surface area (Å²) in [7, 11) is 0. The number of fused-ring (bicyclic) bond motifs is 5. The topological polar surface area (TPSA) is 70.7 Å². The Bertz CT molecular complexity index is 782. The van der Waals surface area contributed by atoms with E-state index in [2.05, 4.69) is 13.8 Å². The molecule has 9 atom stereocenters. The lowest BCUT2D eigenvalue weighted by Gasteiger charge is -2.60. The average Bonchev–Trinajstić information content (AvgIpc) is 2.93. The summed E-state index contributed by atoms with van der Waals surface area (Å²) in [5.74, 6) is 2.64. The first-order chi connectivity index (χ1) is 13.3. The van der Waals surface area contributed by atoms with E-state index in [0.717, 1.165) is 43.6 Å². The van der Waals surface area contributed by atoms with E-state index >= 15 is 0 Å². The van der Waals surface area contributed by atoms with E-state index in [4.69, 9.17) is 4.42 Å². The van der Waals surface area contributed by atoms with Crippen molar-refractivity contribution in [3.05, 3.63) is 34.4 Å². The molecule has 0 aromatic carbocycles. The minimum absolute atomic E-state index is 0.0570. The molecule has 4 saturated carbocycles. The van der Waals surface area contributed by atoms with Crippen molar-refractivity contribution in [2.75, 3.05) is 0 Å². The molecule has 0 bridgehead atoms. The van der Waals surface area contributed by atoms with Crippen LogP contribution in [-0.2, 0) is 0 Å². The van der Waals surface area contributed by atoms with E-state index in [1.54, 1.807) is 6.26 Å². The van der Waals surface area contributed by atoms with Gasteiger partial charge >= 0.3 is 5.63 Å². The highest BCUT2D eigenvalue weighted by Crippen LogP contribution is 2.68. The zero-order chi connectivity index (χ0) is 19.7. The maximum absolute atomic E-state index is 11.4. The highest BCUT2D eigenvalue weighted by atomic mass is 16.4. The Labute approximate surface area is 167 Å². The van der Waals surface area contributed by atoms with Crippen molar-refractivity contribution in [3.63, 3.8) is 0 Å². The highest BCUT2D eigenvalue weighted by molar-refractivity contribution is 5.25. The molecule has 2 N–H and O–H groups in total. The normalized spacial score (nSPS) is 50.5. The third-order valence-corrected chi connectivity index (χ3v) is 9.75. The molecular formula is C24H34O4. The number of rotatable bonds is 1. The first-order valence-corrected chi connectivity index (χ1v) is 11.3. The van der Waals surface area contributed by atoms with Crippen molar-refractivity contribution in [2.45, 2.75) is 83.3 Å². The molecule has 4 aliphatic rings. The van der Waals surface area contributed by atoms with E-state index in [0.29, 0.717) is 23.2 Å². The summed E-state index contributed by atoms with van der Waals surface area (Å²) in [6, 6.07) is 3.35. The van der Waals surface area contributed by atoms with Gasteiger partial charge in [-0.2, -0.15) is 0 Å². The predicted molar refractivity (Wildman–Crippen MR) is 107 cm³/mol. The Morgan fingerprint density at radius 3 is 2.50 bits per heavy atom. The van der Waals surface area contributed by atoms with Crippen molar-refractivity contribution in [1.82, 2.24) is 0 Å². The molecule has 4 fully saturated rings. The Morgan fingerprint density at radius 1 is 0.964 bits per heavy atom. The summed E-state index contributed by atoms with van der Waals surface area (Å²) in [6.07, 6.45) is 9.88. The van der Waals surface area contributed by atoms with Gasteiger partial charge in [-0.3, -0.25) is 0 Å². The van der Waals surface area contributed by atoms with Crippen molar-refractivity contribution >= 4 is 0 Å². The van der Waals surface area contributed by atoms with Crippen LogP contribution in [0, 0.1) is 34.5 Å². The summed E-state index contributed by atoms with van der Waals surface area (Å²) in [5, 5.41) is 21.3. The van der Waals surface area contributed by atoms with E-state index in [1.165, 1.54) is 25.3 Å². The summed E-state index contributed by atoms with van der Waals surface area (Å²) < 4.78 is 5.16. The van der Waals surface area contributed by atoms with Crippen LogP contribution in [0.1, 0.15) is 76.7 Å². The van der Waals surface area contributed by atoms with Gasteiger partial charge in [0.15, 0.2) is 0 Å². The molecule has 0 saturated heterocycles. The van der Waals surface area contributed by atoms with Crippen LogP contribution in [0.25, 0.3) is 0 Å². The van der Waals surface area contributed by atoms with Gasteiger partial charge in [0.1, 0.15) is 0 Å². The van der Waals surface area contributed by atoms with Crippen LogP contribution in [0.4, 0.5) is 0 Å². The van der Waals surface area contributed by atoms with E-state index in [-0.39, 0.29) is 29.2 Å². The molecule has 0 spiro atoms. The average molecular weight is 387 g/mol. The van der Waals surface area contributed by atoms with E-state index in [1.807, 2.05) is 6.07 Å². The third-order valence-electron chi connectivity index (χ3n) is 9.75. The summed E-state index contributed by atoms with van der Waals surface area (Å²) in [4.78, 5) is 11.4. The Hall–Kier alpha value is -1.13. The van der Waals surface area contributed by atoms with Gasteiger partial charge in [-0.15, -0.1) is 0 Å². The van der Waals surface area contributed by atoms with Crippen LogP contribution in [-0.4, -0.2) is 22.4 Å². The third kappa shape index (κ3) is 2.60. The number of hydrogen-bond acceptors (Lipinski definition) is 4. The Balaban J connectivity index is 1.46. The quantitative estimate of drug-likeness (QED) is 0.762. The smallest absolute Gasteiger partial charge is 0.335 e. The maximum atomic E-state index is 11.4. The zero-order valence-corrected chi connectivity index (χ0v) is 17.1. The van der Waals surface area contributed by atoms with E-state index in [9.17, 15) is 15.0 Å². The fourth-order valence-electron chi connectivity index (χ4n) is 8.40. The lowest BCUT2D eigenvalue weighted by atomic mass is 9.44. The predicted octanol–water partition coefficient (Wildman–Crippen LogP) is 4.10. The second-order valence-corrected chi connectivity index (χ2v) is 10.8. The second kappa shape index (κ2) is 6.43. The molecule has 0 radical (unpaired) electrons. The first-order valence-electron chi connectivity index (χ1n) is 11.3. The molecule has 5 rings (SSSR count). The van der Waals surface area contributed by atoms with Crippen LogP contribution in [0.2, 0.25) is 0 Å². The maximum Gasteiger partial charge on any atom is 0.335 e. The van der Waals surface area contributed by atoms with Gasteiger partial charge in [-0.25, -0.2) is 4.79 Å². The van der Waals surface area contributed by atoms with Crippen molar-refractivity contribution < 1.29 is 14.6 Å². The fraction of sp³-hybridized carbons (Fsp3) is 0.792. The minimum atomic E-state index is -0.361. The van der Waals surface area contributed by atoms with Gasteiger partial charge in [0.25, 0.3) is 0 Å². The second-order valence-electron chi connectivity index (χ2n) is 10.8. The van der Waals surface area contributed by atoms with Crippen molar-refractivity contribution in [1.29, 1.82) is 0 Å². The molecule has 0 aliphatic heterocycles. The summed E-state index contributed by atoms with van der Waals surface area (Å²) >= 11 is 0. The molecule has 154 valence electrons. The SMILES string of the molecule is C[C@]12CC[C@H](O)C[C@H]1CC[C@@H]1[C@@H]2CC[C@@]2(C)[C@H]1C[C@H](O)[C@@H]2c1ccc(=O)oc1. The van der Waals surface area contributed by atoms with Gasteiger partial charge in [0.05, 0.1) is 18.5 Å². The highest BCUT2D eigenvalue weighted by Gasteiger charge is 2.62. The molecule has 4 heteroatoms. The molecule has 4 nitrogen and oxygen atoms in total. The minimum Gasteiger partial charge on any atom is -0.431 e.